The van der Waals surface area contributed by atoms with E-state index in [1.54, 1.807) is 6.92 Å². The van der Waals surface area contributed by atoms with Crippen molar-refractivity contribution in [2.75, 3.05) is 25.4 Å². The monoisotopic (exact) mass is 208 g/mol. The standard InChI is InChI=1S/C8H20N2O2S/c1-4-13(11,12)10(6-5-9)7-8(2)3/h8H,4-7,9H2,1-3H3. The van der Waals surface area contributed by atoms with Crippen molar-refractivity contribution in [2.24, 2.45) is 11.7 Å². The molecule has 0 rings (SSSR count). The van der Waals surface area contributed by atoms with Gasteiger partial charge in [-0.2, -0.15) is 0 Å². The molecule has 5 heteroatoms. The molecule has 0 saturated heterocycles. The van der Waals surface area contributed by atoms with E-state index in [4.69, 9.17) is 5.73 Å². The zero-order valence-electron chi connectivity index (χ0n) is 8.66. The van der Waals surface area contributed by atoms with Gasteiger partial charge in [0, 0.05) is 19.6 Å². The lowest BCUT2D eigenvalue weighted by Crippen LogP contribution is -2.38. The van der Waals surface area contributed by atoms with Crippen molar-refractivity contribution in [1.82, 2.24) is 4.31 Å². The molecule has 0 aromatic carbocycles. The Balaban J connectivity index is 4.41. The third kappa shape index (κ3) is 4.59. The summed E-state index contributed by atoms with van der Waals surface area (Å²) < 4.78 is 24.5. The van der Waals surface area contributed by atoms with Crippen molar-refractivity contribution in [3.8, 4) is 0 Å². The summed E-state index contributed by atoms with van der Waals surface area (Å²) in [5, 5.41) is 0. The van der Waals surface area contributed by atoms with Crippen LogP contribution in [0.25, 0.3) is 0 Å². The molecule has 2 N–H and O–H groups in total. The average Bonchev–Trinajstić information content (AvgIpc) is 2.03. The van der Waals surface area contributed by atoms with Gasteiger partial charge in [-0.1, -0.05) is 13.8 Å². The summed E-state index contributed by atoms with van der Waals surface area (Å²) in [4.78, 5) is 0. The third-order valence-electron chi connectivity index (χ3n) is 1.71. The highest BCUT2D eigenvalue weighted by atomic mass is 32.2. The Morgan fingerprint density at radius 2 is 1.92 bits per heavy atom. The van der Waals surface area contributed by atoms with Gasteiger partial charge in [-0.15, -0.1) is 0 Å². The summed E-state index contributed by atoms with van der Waals surface area (Å²) in [5.74, 6) is 0.493. The Kier molecular flexibility index (Phi) is 5.51. The molecule has 0 saturated carbocycles. The Bertz CT molecular complexity index is 224. The van der Waals surface area contributed by atoms with Crippen LogP contribution in [-0.2, 0) is 10.0 Å². The molecule has 0 heterocycles. The lowest BCUT2D eigenvalue weighted by atomic mass is 10.2. The molecule has 0 aromatic heterocycles. The Hall–Kier alpha value is -0.130. The summed E-state index contributed by atoms with van der Waals surface area (Å²) in [6.45, 7) is 7.01. The van der Waals surface area contributed by atoms with Gasteiger partial charge in [-0.05, 0) is 12.8 Å². The van der Waals surface area contributed by atoms with E-state index < -0.39 is 10.0 Å². The molecule has 80 valence electrons. The molecule has 0 spiro atoms. The predicted octanol–water partition coefficient (Wildman–Crippen LogP) is 0.253. The van der Waals surface area contributed by atoms with Crippen molar-refractivity contribution in [3.63, 3.8) is 0 Å². The number of hydrogen-bond acceptors (Lipinski definition) is 3. The summed E-state index contributed by atoms with van der Waals surface area (Å²) in [5.41, 5.74) is 5.35. The van der Waals surface area contributed by atoms with Gasteiger partial charge in [0.05, 0.1) is 5.75 Å². The van der Waals surface area contributed by atoms with Crippen LogP contribution in [0.15, 0.2) is 0 Å². The van der Waals surface area contributed by atoms with Crippen LogP contribution in [0.1, 0.15) is 20.8 Å². The van der Waals surface area contributed by atoms with Crippen LogP contribution >= 0.6 is 0 Å². The molecule has 0 bridgehead atoms. The van der Waals surface area contributed by atoms with Crippen LogP contribution < -0.4 is 5.73 Å². The van der Waals surface area contributed by atoms with Gasteiger partial charge in [0.15, 0.2) is 0 Å². The van der Waals surface area contributed by atoms with Gasteiger partial charge in [0.25, 0.3) is 0 Å². The molecule has 0 amide bonds. The zero-order valence-corrected chi connectivity index (χ0v) is 9.47. The first-order valence-electron chi connectivity index (χ1n) is 4.62. The number of sulfonamides is 1. The summed E-state index contributed by atoms with van der Waals surface area (Å²) in [7, 11) is -3.06. The minimum absolute atomic E-state index is 0.153. The van der Waals surface area contributed by atoms with Crippen molar-refractivity contribution in [3.05, 3.63) is 0 Å². The topological polar surface area (TPSA) is 63.4 Å². The van der Waals surface area contributed by atoms with E-state index in [2.05, 4.69) is 0 Å². The molecule has 0 aliphatic carbocycles. The molecule has 13 heavy (non-hydrogen) atoms. The smallest absolute Gasteiger partial charge is 0.213 e. The highest BCUT2D eigenvalue weighted by Crippen LogP contribution is 2.05. The Morgan fingerprint density at radius 1 is 1.38 bits per heavy atom. The average molecular weight is 208 g/mol. The molecule has 0 aliphatic rings. The fourth-order valence-electron chi connectivity index (χ4n) is 1.08. The highest BCUT2D eigenvalue weighted by molar-refractivity contribution is 7.89. The molecule has 0 atom stereocenters. The molecular weight excluding hydrogens is 188 g/mol. The van der Waals surface area contributed by atoms with Crippen LogP contribution in [0.3, 0.4) is 0 Å². The van der Waals surface area contributed by atoms with Gasteiger partial charge in [0.1, 0.15) is 0 Å². The van der Waals surface area contributed by atoms with E-state index in [9.17, 15) is 8.42 Å². The first kappa shape index (κ1) is 12.9. The van der Waals surface area contributed by atoms with E-state index in [-0.39, 0.29) is 5.75 Å². The second-order valence-electron chi connectivity index (χ2n) is 3.44. The van der Waals surface area contributed by atoms with Gasteiger partial charge in [-0.3, -0.25) is 0 Å². The van der Waals surface area contributed by atoms with Gasteiger partial charge < -0.3 is 5.73 Å². The van der Waals surface area contributed by atoms with Crippen LogP contribution in [0.5, 0.6) is 0 Å². The maximum Gasteiger partial charge on any atom is 0.213 e. The number of rotatable bonds is 6. The van der Waals surface area contributed by atoms with Crippen LogP contribution in [-0.4, -0.2) is 38.1 Å². The van der Waals surface area contributed by atoms with Gasteiger partial charge in [0.2, 0.25) is 10.0 Å². The summed E-state index contributed by atoms with van der Waals surface area (Å²) >= 11 is 0. The predicted molar refractivity (Wildman–Crippen MR) is 54.9 cm³/mol. The number of nitrogens with zero attached hydrogens (tertiary/aromatic N) is 1. The number of nitrogens with two attached hydrogens (primary N) is 1. The van der Waals surface area contributed by atoms with E-state index >= 15 is 0 Å². The maximum atomic E-state index is 11.5. The van der Waals surface area contributed by atoms with Crippen molar-refractivity contribution >= 4 is 10.0 Å². The quantitative estimate of drug-likeness (QED) is 0.680. The van der Waals surface area contributed by atoms with E-state index in [1.807, 2.05) is 13.8 Å². The summed E-state index contributed by atoms with van der Waals surface area (Å²) in [6, 6.07) is 0. The first-order valence-corrected chi connectivity index (χ1v) is 6.22. The van der Waals surface area contributed by atoms with Crippen LogP contribution in [0.2, 0.25) is 0 Å². The zero-order chi connectivity index (χ0) is 10.5. The molecule has 0 aliphatic heterocycles. The molecule has 0 radical (unpaired) electrons. The molecule has 4 nitrogen and oxygen atoms in total. The second-order valence-corrected chi connectivity index (χ2v) is 5.70. The fraction of sp³-hybridized carbons (Fsp3) is 1.00. The lowest BCUT2D eigenvalue weighted by molar-refractivity contribution is 0.374. The Labute approximate surface area is 81.2 Å². The fourth-order valence-corrected chi connectivity index (χ4v) is 2.35. The largest absolute Gasteiger partial charge is 0.329 e. The Morgan fingerprint density at radius 3 is 2.23 bits per heavy atom. The van der Waals surface area contributed by atoms with E-state index in [0.717, 1.165) is 0 Å². The van der Waals surface area contributed by atoms with Gasteiger partial charge in [-0.25, -0.2) is 12.7 Å². The minimum atomic E-state index is -3.06. The normalized spacial score (nSPS) is 12.8. The first-order chi connectivity index (χ1) is 5.94. The molecule has 0 aromatic rings. The lowest BCUT2D eigenvalue weighted by Gasteiger charge is -2.22. The van der Waals surface area contributed by atoms with Crippen LogP contribution in [0, 0.1) is 5.92 Å². The third-order valence-corrected chi connectivity index (χ3v) is 3.55. The van der Waals surface area contributed by atoms with Crippen LogP contribution in [0.4, 0.5) is 0 Å². The molecular formula is C8H20N2O2S. The maximum absolute atomic E-state index is 11.5. The summed E-state index contributed by atoms with van der Waals surface area (Å²) in [6.07, 6.45) is 0. The molecule has 0 unspecified atom stereocenters. The molecule has 0 fully saturated rings. The van der Waals surface area contributed by atoms with Crippen molar-refractivity contribution in [2.45, 2.75) is 20.8 Å². The minimum Gasteiger partial charge on any atom is -0.329 e. The van der Waals surface area contributed by atoms with E-state index in [1.165, 1.54) is 4.31 Å². The van der Waals surface area contributed by atoms with Crippen molar-refractivity contribution in [1.29, 1.82) is 0 Å². The SMILES string of the molecule is CCS(=O)(=O)N(CCN)CC(C)C. The van der Waals surface area contributed by atoms with Gasteiger partial charge >= 0.3 is 0 Å². The van der Waals surface area contributed by atoms with E-state index in [0.29, 0.717) is 25.6 Å². The van der Waals surface area contributed by atoms with Crippen molar-refractivity contribution < 1.29 is 8.42 Å². The second kappa shape index (κ2) is 5.57. The number of hydrogen-bond donors (Lipinski definition) is 1. The highest BCUT2D eigenvalue weighted by Gasteiger charge is 2.19.